The molecule has 2 N–H and O–H groups in total. The zero-order valence-electron chi connectivity index (χ0n) is 10.7. The van der Waals surface area contributed by atoms with Crippen molar-refractivity contribution in [3.8, 4) is 5.75 Å². The Bertz CT molecular complexity index is 475. The monoisotopic (exact) mass is 328 g/mol. The first-order valence-electron chi connectivity index (χ1n) is 6.29. The molecule has 1 aromatic carbocycles. The van der Waals surface area contributed by atoms with Gasteiger partial charge in [-0.25, -0.2) is 0 Å². The van der Waals surface area contributed by atoms with E-state index in [1.807, 2.05) is 6.07 Å². The molecular formula is C14H17BrO4. The van der Waals surface area contributed by atoms with Gasteiger partial charge in [0.25, 0.3) is 0 Å². The lowest BCUT2D eigenvalue weighted by Gasteiger charge is -2.24. The van der Waals surface area contributed by atoms with E-state index < -0.39 is 18.0 Å². The number of ether oxygens (including phenoxy) is 1. The number of benzene rings is 1. The summed E-state index contributed by atoms with van der Waals surface area (Å²) in [4.78, 5) is 11.2. The maximum Gasteiger partial charge on any atom is 0.306 e. The Balaban J connectivity index is 2.30. The number of halogens is 1. The summed E-state index contributed by atoms with van der Waals surface area (Å²) in [6.07, 6.45) is 1.40. The van der Waals surface area contributed by atoms with Crippen molar-refractivity contribution in [3.05, 3.63) is 28.2 Å². The fourth-order valence-electron chi connectivity index (χ4n) is 2.84. The molecule has 0 aliphatic heterocycles. The maximum atomic E-state index is 11.2. The van der Waals surface area contributed by atoms with Crippen LogP contribution in [-0.4, -0.2) is 23.3 Å². The predicted octanol–water partition coefficient (Wildman–Crippen LogP) is 2.99. The highest BCUT2D eigenvalue weighted by Crippen LogP contribution is 2.43. The maximum absolute atomic E-state index is 11.2. The molecule has 1 fully saturated rings. The molecule has 0 heterocycles. The Kier molecular flexibility index (Phi) is 4.47. The number of aliphatic carboxylic acids is 1. The van der Waals surface area contributed by atoms with E-state index >= 15 is 0 Å². The second-order valence-corrected chi connectivity index (χ2v) is 5.79. The largest absolute Gasteiger partial charge is 0.496 e. The van der Waals surface area contributed by atoms with Gasteiger partial charge in [-0.1, -0.05) is 22.4 Å². The molecule has 1 aliphatic rings. The van der Waals surface area contributed by atoms with Gasteiger partial charge < -0.3 is 14.9 Å². The van der Waals surface area contributed by atoms with Gasteiger partial charge in [0.05, 0.1) is 19.1 Å². The minimum absolute atomic E-state index is 0.249. The summed E-state index contributed by atoms with van der Waals surface area (Å²) in [5, 5.41) is 19.7. The predicted molar refractivity (Wildman–Crippen MR) is 74.1 cm³/mol. The van der Waals surface area contributed by atoms with Crippen LogP contribution in [0.25, 0.3) is 0 Å². The molecule has 0 amide bonds. The van der Waals surface area contributed by atoms with E-state index in [9.17, 15) is 15.0 Å². The number of rotatable bonds is 4. The van der Waals surface area contributed by atoms with Gasteiger partial charge in [-0.05, 0) is 31.0 Å². The van der Waals surface area contributed by atoms with Crippen LogP contribution >= 0.6 is 15.9 Å². The van der Waals surface area contributed by atoms with Gasteiger partial charge >= 0.3 is 5.97 Å². The van der Waals surface area contributed by atoms with Gasteiger partial charge in [0.1, 0.15) is 5.75 Å². The third kappa shape index (κ3) is 2.92. The Labute approximate surface area is 120 Å². The van der Waals surface area contributed by atoms with Gasteiger partial charge in [0.2, 0.25) is 0 Å². The minimum atomic E-state index is -0.824. The van der Waals surface area contributed by atoms with Crippen LogP contribution < -0.4 is 4.74 Å². The first-order chi connectivity index (χ1) is 9.04. The van der Waals surface area contributed by atoms with Crippen molar-refractivity contribution in [2.45, 2.75) is 25.4 Å². The van der Waals surface area contributed by atoms with Crippen molar-refractivity contribution < 1.29 is 19.7 Å². The number of aliphatic hydroxyl groups excluding tert-OH is 1. The van der Waals surface area contributed by atoms with Crippen molar-refractivity contribution in [3.63, 3.8) is 0 Å². The summed E-state index contributed by atoms with van der Waals surface area (Å²) in [6.45, 7) is 0. The van der Waals surface area contributed by atoms with Gasteiger partial charge in [-0.3, -0.25) is 4.79 Å². The van der Waals surface area contributed by atoms with E-state index in [1.165, 1.54) is 0 Å². The summed E-state index contributed by atoms with van der Waals surface area (Å²) >= 11 is 3.36. The van der Waals surface area contributed by atoms with Crippen LogP contribution in [0.1, 0.15) is 30.9 Å². The van der Waals surface area contributed by atoms with Gasteiger partial charge in [-0.15, -0.1) is 0 Å². The molecule has 3 atom stereocenters. The molecule has 5 heteroatoms. The Morgan fingerprint density at radius 1 is 1.47 bits per heavy atom. The van der Waals surface area contributed by atoms with Crippen LogP contribution in [0, 0.1) is 11.8 Å². The number of methoxy groups -OCH3 is 1. The summed E-state index contributed by atoms with van der Waals surface area (Å²) in [5.41, 5.74) is 0.648. The molecule has 1 aromatic rings. The van der Waals surface area contributed by atoms with Crippen molar-refractivity contribution in [2.24, 2.45) is 11.8 Å². The number of carbonyl (C=O) groups is 1. The highest BCUT2D eigenvalue weighted by molar-refractivity contribution is 9.10. The van der Waals surface area contributed by atoms with E-state index in [0.717, 1.165) is 17.3 Å². The van der Waals surface area contributed by atoms with Crippen molar-refractivity contribution >= 4 is 21.9 Å². The SMILES string of the molecule is COc1ccc(Br)cc1C(O)C1CCCC1C(=O)O. The molecule has 2 rings (SSSR count). The number of carboxylic acids is 1. The van der Waals surface area contributed by atoms with Crippen molar-refractivity contribution in [1.29, 1.82) is 0 Å². The van der Waals surface area contributed by atoms with Crippen LogP contribution in [-0.2, 0) is 4.79 Å². The summed E-state index contributed by atoms with van der Waals surface area (Å²) in [5.74, 6) is -0.957. The van der Waals surface area contributed by atoms with Gasteiger partial charge in [-0.2, -0.15) is 0 Å². The Morgan fingerprint density at radius 3 is 2.84 bits per heavy atom. The molecular weight excluding hydrogens is 312 g/mol. The molecule has 0 radical (unpaired) electrons. The minimum Gasteiger partial charge on any atom is -0.496 e. The summed E-state index contributed by atoms with van der Waals surface area (Å²) in [6, 6.07) is 5.40. The fraction of sp³-hybridized carbons (Fsp3) is 0.500. The van der Waals surface area contributed by atoms with E-state index in [1.54, 1.807) is 19.2 Å². The average Bonchev–Trinajstić information content (AvgIpc) is 2.87. The lowest BCUT2D eigenvalue weighted by Crippen LogP contribution is -2.24. The van der Waals surface area contributed by atoms with Crippen LogP contribution in [0.4, 0.5) is 0 Å². The molecule has 0 saturated heterocycles. The molecule has 19 heavy (non-hydrogen) atoms. The van der Waals surface area contributed by atoms with Gasteiger partial charge in [0, 0.05) is 16.0 Å². The van der Waals surface area contributed by atoms with Crippen LogP contribution in [0.2, 0.25) is 0 Å². The van der Waals surface area contributed by atoms with Crippen LogP contribution in [0.5, 0.6) is 5.75 Å². The number of carboxylic acid groups (broad SMARTS) is 1. The highest BCUT2D eigenvalue weighted by atomic mass is 79.9. The van der Waals surface area contributed by atoms with E-state index in [0.29, 0.717) is 17.7 Å². The quantitative estimate of drug-likeness (QED) is 0.891. The molecule has 1 aliphatic carbocycles. The number of aliphatic hydroxyl groups is 1. The standard InChI is InChI=1S/C14H17BrO4/c1-19-12-6-5-8(15)7-11(12)13(16)9-3-2-4-10(9)14(17)18/h5-7,9-10,13,16H,2-4H2,1H3,(H,17,18). The van der Waals surface area contributed by atoms with E-state index in [2.05, 4.69) is 15.9 Å². The third-order valence-corrected chi connectivity index (χ3v) is 4.30. The molecule has 0 bridgehead atoms. The topological polar surface area (TPSA) is 66.8 Å². The lowest BCUT2D eigenvalue weighted by molar-refractivity contribution is -0.144. The highest BCUT2D eigenvalue weighted by Gasteiger charge is 2.38. The smallest absolute Gasteiger partial charge is 0.306 e. The van der Waals surface area contributed by atoms with Crippen molar-refractivity contribution in [1.82, 2.24) is 0 Å². The Hall–Kier alpha value is -1.07. The average molecular weight is 329 g/mol. The lowest BCUT2D eigenvalue weighted by atomic mass is 9.86. The normalized spacial score (nSPS) is 24.2. The van der Waals surface area contributed by atoms with E-state index in [-0.39, 0.29) is 5.92 Å². The van der Waals surface area contributed by atoms with Crippen LogP contribution in [0.15, 0.2) is 22.7 Å². The third-order valence-electron chi connectivity index (χ3n) is 3.80. The fourth-order valence-corrected chi connectivity index (χ4v) is 3.22. The second-order valence-electron chi connectivity index (χ2n) is 4.87. The van der Waals surface area contributed by atoms with Gasteiger partial charge in [0.15, 0.2) is 0 Å². The van der Waals surface area contributed by atoms with Crippen molar-refractivity contribution in [2.75, 3.05) is 7.11 Å². The van der Waals surface area contributed by atoms with E-state index in [4.69, 9.17) is 4.74 Å². The molecule has 4 nitrogen and oxygen atoms in total. The molecule has 0 spiro atoms. The first-order valence-corrected chi connectivity index (χ1v) is 7.08. The van der Waals surface area contributed by atoms with Crippen LogP contribution in [0.3, 0.4) is 0 Å². The summed E-state index contributed by atoms with van der Waals surface area (Å²) < 4.78 is 6.09. The molecule has 104 valence electrons. The molecule has 1 saturated carbocycles. The second kappa shape index (κ2) is 5.92. The summed E-state index contributed by atoms with van der Waals surface area (Å²) in [7, 11) is 1.54. The number of hydrogen-bond acceptors (Lipinski definition) is 3. The molecule has 3 unspecified atom stereocenters. The first kappa shape index (κ1) is 14.3. The zero-order chi connectivity index (χ0) is 14.0. The Morgan fingerprint density at radius 2 is 2.21 bits per heavy atom. The number of hydrogen-bond donors (Lipinski definition) is 2. The zero-order valence-corrected chi connectivity index (χ0v) is 12.3. The molecule has 0 aromatic heterocycles.